The summed E-state index contributed by atoms with van der Waals surface area (Å²) >= 11 is 1.19. The molecule has 7 heteroatoms. The molecule has 1 N–H and O–H groups in total. The van der Waals surface area contributed by atoms with E-state index in [1.165, 1.54) is 30.6 Å². The van der Waals surface area contributed by atoms with Crippen LogP contribution in [0.5, 0.6) is 0 Å². The number of carbonyl (C=O) groups is 2. The van der Waals surface area contributed by atoms with Gasteiger partial charge in [-0.3, -0.25) is 4.79 Å². The predicted molar refractivity (Wildman–Crippen MR) is 85.8 cm³/mol. The minimum Gasteiger partial charge on any atom is -0.467 e. The topological polar surface area (TPSA) is 68.3 Å². The molecule has 1 aromatic carbocycles. The van der Waals surface area contributed by atoms with Crippen molar-refractivity contribution in [1.29, 1.82) is 0 Å². The van der Waals surface area contributed by atoms with Gasteiger partial charge in [0.2, 0.25) is 0 Å². The van der Waals surface area contributed by atoms with Crippen LogP contribution in [0.4, 0.5) is 4.39 Å². The number of rotatable bonds is 4. The van der Waals surface area contributed by atoms with Gasteiger partial charge in [0.05, 0.1) is 12.8 Å². The lowest BCUT2D eigenvalue weighted by molar-refractivity contribution is -0.146. The highest BCUT2D eigenvalue weighted by Gasteiger charge is 2.32. The number of carbonyl (C=O) groups excluding carboxylic acids is 2. The molecule has 0 atom stereocenters. The number of nitrogens with one attached hydrogen (secondary N) is 1. The number of hydrogen-bond donors (Lipinski definition) is 1. The maximum atomic E-state index is 13.0. The Morgan fingerprint density at radius 3 is 2.43 bits per heavy atom. The number of methoxy groups -OCH3 is 1. The molecule has 0 fully saturated rings. The Morgan fingerprint density at radius 2 is 1.87 bits per heavy atom. The van der Waals surface area contributed by atoms with Crippen molar-refractivity contribution in [2.75, 3.05) is 7.11 Å². The van der Waals surface area contributed by atoms with Crippen molar-refractivity contribution in [2.24, 2.45) is 0 Å². The molecule has 0 saturated carbocycles. The van der Waals surface area contributed by atoms with Crippen LogP contribution in [0.1, 0.15) is 29.2 Å². The molecule has 0 aliphatic rings. The Labute approximate surface area is 137 Å². The molecule has 0 spiro atoms. The van der Waals surface area contributed by atoms with Gasteiger partial charge >= 0.3 is 5.97 Å². The first kappa shape index (κ1) is 17.1. The molecule has 2 rings (SSSR count). The van der Waals surface area contributed by atoms with E-state index in [4.69, 9.17) is 0 Å². The van der Waals surface area contributed by atoms with Crippen molar-refractivity contribution < 1.29 is 18.7 Å². The average Bonchev–Trinajstić information content (AvgIpc) is 2.88. The molecule has 5 nitrogen and oxygen atoms in total. The lowest BCUT2D eigenvalue weighted by atomic mass is 10.1. The smallest absolute Gasteiger partial charge is 0.330 e. The van der Waals surface area contributed by atoms with E-state index in [1.807, 2.05) is 0 Å². The highest BCUT2D eigenvalue weighted by atomic mass is 32.1. The van der Waals surface area contributed by atoms with Crippen LogP contribution in [-0.2, 0) is 9.53 Å². The van der Waals surface area contributed by atoms with E-state index in [0.29, 0.717) is 15.6 Å². The van der Waals surface area contributed by atoms with Gasteiger partial charge in [-0.05, 0) is 45.0 Å². The standard InChI is InChI=1S/C16H17FN2O3S/c1-9-12(13(20)19-16(2,3)15(21)22-4)23-14(18-9)10-5-7-11(17)8-6-10/h5-8H,1-4H3,(H,19,20). The van der Waals surface area contributed by atoms with Crippen molar-refractivity contribution in [3.05, 3.63) is 40.7 Å². The molecular formula is C16H17FN2O3S. The van der Waals surface area contributed by atoms with Gasteiger partial charge in [-0.25, -0.2) is 14.2 Å². The SMILES string of the molecule is COC(=O)C(C)(C)NC(=O)c1sc(-c2ccc(F)cc2)nc1C. The lowest BCUT2D eigenvalue weighted by Crippen LogP contribution is -2.50. The number of aromatic nitrogens is 1. The number of hydrogen-bond acceptors (Lipinski definition) is 5. The first-order valence-electron chi connectivity index (χ1n) is 6.89. The van der Waals surface area contributed by atoms with Crippen LogP contribution in [0.25, 0.3) is 10.6 Å². The van der Waals surface area contributed by atoms with Gasteiger partial charge in [0, 0.05) is 5.56 Å². The van der Waals surface area contributed by atoms with Crippen LogP contribution in [0.2, 0.25) is 0 Å². The average molecular weight is 336 g/mol. The summed E-state index contributed by atoms with van der Waals surface area (Å²) in [5, 5.41) is 3.25. The lowest BCUT2D eigenvalue weighted by Gasteiger charge is -2.22. The molecule has 0 aliphatic heterocycles. The van der Waals surface area contributed by atoms with Gasteiger partial charge in [0.1, 0.15) is 21.2 Å². The van der Waals surface area contributed by atoms with Gasteiger partial charge in [-0.1, -0.05) is 0 Å². The Kier molecular flexibility index (Phi) is 4.79. The third-order valence-corrected chi connectivity index (χ3v) is 4.42. The van der Waals surface area contributed by atoms with E-state index in [-0.39, 0.29) is 5.82 Å². The summed E-state index contributed by atoms with van der Waals surface area (Å²) in [4.78, 5) is 28.8. The Hall–Kier alpha value is -2.28. The number of benzene rings is 1. The molecule has 0 saturated heterocycles. The van der Waals surface area contributed by atoms with Crippen molar-refractivity contribution in [3.63, 3.8) is 0 Å². The van der Waals surface area contributed by atoms with Crippen molar-refractivity contribution in [3.8, 4) is 10.6 Å². The van der Waals surface area contributed by atoms with Crippen LogP contribution in [0.15, 0.2) is 24.3 Å². The summed E-state index contributed by atoms with van der Waals surface area (Å²) < 4.78 is 17.7. The van der Waals surface area contributed by atoms with Gasteiger partial charge < -0.3 is 10.1 Å². The number of aryl methyl sites for hydroxylation is 1. The van der Waals surface area contributed by atoms with Crippen LogP contribution in [0, 0.1) is 12.7 Å². The van der Waals surface area contributed by atoms with Crippen molar-refractivity contribution in [2.45, 2.75) is 26.3 Å². The largest absolute Gasteiger partial charge is 0.467 e. The molecule has 1 aromatic heterocycles. The highest BCUT2D eigenvalue weighted by molar-refractivity contribution is 7.17. The predicted octanol–water partition coefficient (Wildman–Crippen LogP) is 2.94. The van der Waals surface area contributed by atoms with E-state index >= 15 is 0 Å². The van der Waals surface area contributed by atoms with Crippen LogP contribution >= 0.6 is 11.3 Å². The van der Waals surface area contributed by atoms with E-state index in [0.717, 1.165) is 5.56 Å². The quantitative estimate of drug-likeness (QED) is 0.872. The fourth-order valence-electron chi connectivity index (χ4n) is 1.97. The number of amides is 1. The van der Waals surface area contributed by atoms with Crippen molar-refractivity contribution >= 4 is 23.2 Å². The number of esters is 1. The third-order valence-electron chi connectivity index (χ3n) is 3.22. The van der Waals surface area contributed by atoms with Gasteiger partial charge in [-0.15, -0.1) is 11.3 Å². The Balaban J connectivity index is 2.26. The summed E-state index contributed by atoms with van der Waals surface area (Å²) in [6.07, 6.45) is 0. The first-order valence-corrected chi connectivity index (χ1v) is 7.70. The summed E-state index contributed by atoms with van der Waals surface area (Å²) in [5.41, 5.74) is 0.136. The molecule has 1 heterocycles. The van der Waals surface area contributed by atoms with E-state index in [9.17, 15) is 14.0 Å². The van der Waals surface area contributed by atoms with Gasteiger partial charge in [0.25, 0.3) is 5.91 Å². The number of ether oxygens (including phenoxy) is 1. The maximum absolute atomic E-state index is 13.0. The third kappa shape index (κ3) is 3.73. The summed E-state index contributed by atoms with van der Waals surface area (Å²) in [6.45, 7) is 4.84. The molecule has 122 valence electrons. The summed E-state index contributed by atoms with van der Waals surface area (Å²) in [6, 6.07) is 5.89. The van der Waals surface area contributed by atoms with E-state index in [2.05, 4.69) is 15.0 Å². The van der Waals surface area contributed by atoms with Crippen molar-refractivity contribution in [1.82, 2.24) is 10.3 Å². The number of nitrogens with zero attached hydrogens (tertiary/aromatic N) is 1. The van der Waals surface area contributed by atoms with E-state index < -0.39 is 17.4 Å². The zero-order valence-electron chi connectivity index (χ0n) is 13.3. The molecule has 0 aliphatic carbocycles. The Bertz CT molecular complexity index is 738. The molecule has 1 amide bonds. The molecular weight excluding hydrogens is 319 g/mol. The molecule has 23 heavy (non-hydrogen) atoms. The summed E-state index contributed by atoms with van der Waals surface area (Å²) in [5.74, 6) is -1.27. The minimum atomic E-state index is -1.14. The fourth-order valence-corrected chi connectivity index (χ4v) is 2.94. The van der Waals surface area contributed by atoms with Crippen LogP contribution < -0.4 is 5.32 Å². The minimum absolute atomic E-state index is 0.333. The first-order chi connectivity index (χ1) is 10.7. The van der Waals surface area contributed by atoms with Gasteiger partial charge in [0.15, 0.2) is 0 Å². The Morgan fingerprint density at radius 1 is 1.26 bits per heavy atom. The van der Waals surface area contributed by atoms with Crippen LogP contribution in [0.3, 0.4) is 0 Å². The monoisotopic (exact) mass is 336 g/mol. The fraction of sp³-hybridized carbons (Fsp3) is 0.312. The molecule has 0 bridgehead atoms. The number of thiazole rings is 1. The summed E-state index contributed by atoms with van der Waals surface area (Å²) in [7, 11) is 1.26. The molecule has 0 radical (unpaired) electrons. The van der Waals surface area contributed by atoms with E-state index in [1.54, 1.807) is 32.9 Å². The molecule has 2 aromatic rings. The zero-order chi connectivity index (χ0) is 17.2. The van der Waals surface area contributed by atoms with Crippen LogP contribution in [-0.4, -0.2) is 29.5 Å². The second kappa shape index (κ2) is 6.45. The zero-order valence-corrected chi connectivity index (χ0v) is 14.1. The maximum Gasteiger partial charge on any atom is 0.330 e. The number of halogens is 1. The molecule has 0 unspecified atom stereocenters. The normalized spacial score (nSPS) is 11.2. The second-order valence-corrected chi connectivity index (χ2v) is 6.51. The van der Waals surface area contributed by atoms with Gasteiger partial charge in [-0.2, -0.15) is 0 Å². The second-order valence-electron chi connectivity index (χ2n) is 5.51. The highest BCUT2D eigenvalue weighted by Crippen LogP contribution is 2.28.